The smallest absolute Gasteiger partial charge is 0.264 e. The Balaban J connectivity index is 0.755. The fraction of sp³-hybridized carbons (Fsp3) is 0.348. The van der Waals surface area contributed by atoms with Gasteiger partial charge in [0.05, 0.1) is 28.7 Å². The second-order valence-electron chi connectivity index (χ2n) is 15.9. The molecule has 3 aliphatic heterocycles. The normalized spacial score (nSPS) is 17.4. The van der Waals surface area contributed by atoms with Crippen LogP contribution in [0.4, 0.5) is 5.69 Å². The third-order valence-corrected chi connectivity index (χ3v) is 11.7. The highest BCUT2D eigenvalue weighted by atomic mass is 16.2. The Morgan fingerprint density at radius 2 is 1.64 bits per heavy atom. The predicted octanol–water partition coefficient (Wildman–Crippen LogP) is 6.41. The van der Waals surface area contributed by atoms with E-state index in [4.69, 9.17) is 4.99 Å². The van der Waals surface area contributed by atoms with E-state index in [0.29, 0.717) is 17.8 Å². The van der Waals surface area contributed by atoms with E-state index in [1.54, 1.807) is 18.2 Å². The molecular weight excluding hydrogens is 743 g/mol. The Morgan fingerprint density at radius 1 is 0.864 bits per heavy atom. The van der Waals surface area contributed by atoms with Gasteiger partial charge in [-0.2, -0.15) is 5.10 Å². The molecule has 1 atom stereocenters. The molecule has 1 spiro atoms. The van der Waals surface area contributed by atoms with Crippen LogP contribution in [-0.4, -0.2) is 71.4 Å². The topological polar surface area (TPSA) is 156 Å². The number of anilines is 1. The molecule has 3 aromatic carbocycles. The first kappa shape index (κ1) is 37.9. The molecule has 4 amide bonds. The number of hydrogen-bond acceptors (Lipinski definition) is 9. The Bertz CT molecular complexity index is 2600. The van der Waals surface area contributed by atoms with Crippen molar-refractivity contribution >= 4 is 35.0 Å². The molecule has 0 radical (unpaired) electrons. The van der Waals surface area contributed by atoms with Crippen LogP contribution >= 0.6 is 0 Å². The van der Waals surface area contributed by atoms with E-state index >= 15 is 0 Å². The molecule has 2 N–H and O–H groups in total. The quantitative estimate of drug-likeness (QED) is 0.0835. The lowest BCUT2D eigenvalue weighted by Crippen LogP contribution is -2.54. The van der Waals surface area contributed by atoms with Crippen LogP contribution in [0, 0.1) is 18.8 Å². The van der Waals surface area contributed by atoms with Crippen LogP contribution in [0.25, 0.3) is 16.8 Å². The number of imide groups is 2. The van der Waals surface area contributed by atoms with E-state index in [0.717, 1.165) is 114 Å². The van der Waals surface area contributed by atoms with Crippen molar-refractivity contribution < 1.29 is 19.2 Å². The van der Waals surface area contributed by atoms with E-state index in [1.165, 1.54) is 0 Å². The molecule has 1 saturated heterocycles. The second-order valence-corrected chi connectivity index (χ2v) is 15.9. The maximum absolute atomic E-state index is 13.3. The minimum absolute atomic E-state index is 0.0920. The summed E-state index contributed by atoms with van der Waals surface area (Å²) in [5, 5.41) is 19.0. The van der Waals surface area contributed by atoms with Gasteiger partial charge in [-0.3, -0.25) is 43.6 Å². The summed E-state index contributed by atoms with van der Waals surface area (Å²) in [5.74, 6) is 6.49. The maximum atomic E-state index is 13.3. The number of piperidine rings is 1. The zero-order valence-electron chi connectivity index (χ0n) is 33.3. The lowest BCUT2D eigenvalue weighted by atomic mass is 9.96. The van der Waals surface area contributed by atoms with Crippen molar-refractivity contribution in [2.75, 3.05) is 11.9 Å². The minimum atomic E-state index is -0.976. The standard InChI is InChI=1S/C46H45N9O4/c1-29-51-52-45-46(23-24-46)50-41(35-26-32(19-20-37(35)54(29)45)33-27-48-53(2)28-33)31-17-15-30(16-18-31)12-9-7-5-3-4-6-8-10-25-47-36-14-11-13-34-40(36)44(59)55(43(34)58)38-21-22-39(56)49-42(38)57/h11,13-20,26-28,38,47H,3-8,10,21-25H2,1-2H3,(H,49,56,57). The van der Waals surface area contributed by atoms with Gasteiger partial charge in [-0.15, -0.1) is 10.2 Å². The average Bonchev–Trinajstić information content (AvgIpc) is 3.63. The highest BCUT2D eigenvalue weighted by Gasteiger charge is 2.51. The third-order valence-electron chi connectivity index (χ3n) is 11.7. The number of benzene rings is 3. The molecule has 9 rings (SSSR count). The first-order valence-electron chi connectivity index (χ1n) is 20.5. The molecule has 298 valence electrons. The Kier molecular flexibility index (Phi) is 10.0. The zero-order valence-corrected chi connectivity index (χ0v) is 33.3. The molecule has 13 heteroatoms. The average molecular weight is 788 g/mol. The van der Waals surface area contributed by atoms with Crippen LogP contribution < -0.4 is 10.6 Å². The highest BCUT2D eigenvalue weighted by molar-refractivity contribution is 6.25. The van der Waals surface area contributed by atoms with E-state index in [1.807, 2.05) is 31.0 Å². The van der Waals surface area contributed by atoms with Gasteiger partial charge in [-0.25, -0.2) is 0 Å². The van der Waals surface area contributed by atoms with E-state index in [-0.39, 0.29) is 23.9 Å². The number of nitrogens with one attached hydrogen (secondary N) is 2. The SMILES string of the molecule is Cc1nnc2n1-c1ccc(-c3cnn(C)c3)cc1C(c1ccc(C#CCCCCCCCCNc3cccc4c3C(=O)N(C3CCC(=O)NC3=O)C4=O)cc1)=NC21CC1. The molecule has 13 nitrogen and oxygen atoms in total. The van der Waals surface area contributed by atoms with Crippen LogP contribution in [0.2, 0.25) is 0 Å². The van der Waals surface area contributed by atoms with Gasteiger partial charge in [0.25, 0.3) is 11.8 Å². The molecule has 1 saturated carbocycles. The zero-order chi connectivity index (χ0) is 40.7. The number of aliphatic imine (C=N–C) groups is 1. The van der Waals surface area contributed by atoms with Gasteiger partial charge in [0.2, 0.25) is 11.8 Å². The summed E-state index contributed by atoms with van der Waals surface area (Å²) in [6.07, 6.45) is 13.2. The van der Waals surface area contributed by atoms with Crippen molar-refractivity contribution in [1.82, 2.24) is 34.8 Å². The van der Waals surface area contributed by atoms with Crippen molar-refractivity contribution in [3.8, 4) is 28.7 Å². The van der Waals surface area contributed by atoms with E-state index in [9.17, 15) is 19.2 Å². The van der Waals surface area contributed by atoms with Gasteiger partial charge in [0, 0.05) is 60.6 Å². The summed E-state index contributed by atoms with van der Waals surface area (Å²) in [6, 6.07) is 19.1. The number of rotatable bonds is 12. The van der Waals surface area contributed by atoms with E-state index in [2.05, 4.69) is 84.8 Å². The Hall–Kier alpha value is -6.68. The summed E-state index contributed by atoms with van der Waals surface area (Å²) in [7, 11) is 1.93. The maximum Gasteiger partial charge on any atom is 0.264 e. The number of aromatic nitrogens is 5. The molecule has 0 bridgehead atoms. The highest BCUT2D eigenvalue weighted by Crippen LogP contribution is 2.52. The van der Waals surface area contributed by atoms with Gasteiger partial charge in [-0.05, 0) is 81.0 Å². The lowest BCUT2D eigenvalue weighted by molar-refractivity contribution is -0.136. The first-order chi connectivity index (χ1) is 28.7. The van der Waals surface area contributed by atoms with Gasteiger partial charge < -0.3 is 5.32 Å². The van der Waals surface area contributed by atoms with Gasteiger partial charge in [-0.1, -0.05) is 61.8 Å². The molecule has 5 heterocycles. The lowest BCUT2D eigenvalue weighted by Gasteiger charge is -2.27. The van der Waals surface area contributed by atoms with Gasteiger partial charge in [0.1, 0.15) is 17.4 Å². The number of nitrogens with zero attached hydrogens (tertiary/aromatic N) is 7. The summed E-state index contributed by atoms with van der Waals surface area (Å²) in [5.41, 5.74) is 8.00. The number of hydrogen-bond donors (Lipinski definition) is 2. The number of unbranched alkanes of at least 4 members (excludes halogenated alkanes) is 6. The van der Waals surface area contributed by atoms with Crippen LogP contribution in [-0.2, 0) is 22.2 Å². The van der Waals surface area contributed by atoms with Crippen molar-refractivity contribution in [2.24, 2.45) is 12.0 Å². The molecular formula is C46H45N9O4. The largest absolute Gasteiger partial charge is 0.384 e. The number of fused-ring (bicyclic) bond motifs is 5. The fourth-order valence-electron chi connectivity index (χ4n) is 8.43. The first-order valence-corrected chi connectivity index (χ1v) is 20.5. The third kappa shape index (κ3) is 7.24. The number of carbonyl (C=O) groups excluding carboxylic acids is 4. The van der Waals surface area contributed by atoms with Gasteiger partial charge >= 0.3 is 0 Å². The molecule has 2 aromatic heterocycles. The van der Waals surface area contributed by atoms with Crippen molar-refractivity contribution in [3.63, 3.8) is 0 Å². The van der Waals surface area contributed by atoms with Crippen molar-refractivity contribution in [2.45, 2.75) is 89.1 Å². The van der Waals surface area contributed by atoms with Crippen LogP contribution in [0.5, 0.6) is 0 Å². The molecule has 5 aromatic rings. The van der Waals surface area contributed by atoms with Crippen LogP contribution in [0.15, 0.2) is 78.0 Å². The summed E-state index contributed by atoms with van der Waals surface area (Å²) in [4.78, 5) is 56.9. The summed E-state index contributed by atoms with van der Waals surface area (Å²) in [6.45, 7) is 2.66. The summed E-state index contributed by atoms with van der Waals surface area (Å²) >= 11 is 0. The molecule has 1 unspecified atom stereocenters. The van der Waals surface area contributed by atoms with Crippen molar-refractivity contribution in [3.05, 3.63) is 113 Å². The number of aryl methyl sites for hydroxylation is 2. The number of amides is 4. The molecule has 4 aliphatic rings. The minimum Gasteiger partial charge on any atom is -0.384 e. The Labute approximate surface area is 342 Å². The number of carbonyl (C=O) groups is 4. The monoisotopic (exact) mass is 787 g/mol. The summed E-state index contributed by atoms with van der Waals surface area (Å²) < 4.78 is 3.99. The van der Waals surface area contributed by atoms with Crippen LogP contribution in [0.1, 0.15) is 120 Å². The predicted molar refractivity (Wildman–Crippen MR) is 222 cm³/mol. The van der Waals surface area contributed by atoms with Crippen molar-refractivity contribution in [1.29, 1.82) is 0 Å². The van der Waals surface area contributed by atoms with Crippen LogP contribution in [0.3, 0.4) is 0 Å². The second kappa shape index (κ2) is 15.6. The van der Waals surface area contributed by atoms with E-state index < -0.39 is 29.7 Å². The fourth-order valence-corrected chi connectivity index (χ4v) is 8.43. The molecule has 1 aliphatic carbocycles. The van der Waals surface area contributed by atoms with Gasteiger partial charge in [0.15, 0.2) is 5.82 Å². The Morgan fingerprint density at radius 3 is 2.41 bits per heavy atom. The molecule has 59 heavy (non-hydrogen) atoms. The molecule has 2 fully saturated rings.